The van der Waals surface area contributed by atoms with Crippen LogP contribution in [0.2, 0.25) is 0 Å². The first kappa shape index (κ1) is 15.1. The van der Waals surface area contributed by atoms with Crippen LogP contribution in [0.1, 0.15) is 27.6 Å². The van der Waals surface area contributed by atoms with Crippen molar-refractivity contribution in [3.63, 3.8) is 0 Å². The molecule has 2 aliphatic heterocycles. The zero-order valence-corrected chi connectivity index (χ0v) is 14.1. The summed E-state index contributed by atoms with van der Waals surface area (Å²) >= 11 is 2.38. The van der Waals surface area contributed by atoms with Crippen LogP contribution in [0.4, 0.5) is 0 Å². The second-order valence-electron chi connectivity index (χ2n) is 5.44. The van der Waals surface area contributed by atoms with Crippen LogP contribution < -0.4 is 5.73 Å². The summed E-state index contributed by atoms with van der Waals surface area (Å²) < 4.78 is 4.39. The quantitative estimate of drug-likeness (QED) is 0.765. The summed E-state index contributed by atoms with van der Waals surface area (Å²) in [6, 6.07) is 8.82. The van der Waals surface area contributed by atoms with Crippen LogP contribution in [0.25, 0.3) is 0 Å². The Balaban J connectivity index is 1.85. The molecule has 0 amide bonds. The van der Waals surface area contributed by atoms with Crippen molar-refractivity contribution < 1.29 is 14.3 Å². The van der Waals surface area contributed by atoms with Gasteiger partial charge in [0.2, 0.25) is 17.4 Å². The molecule has 4 rings (SSSR count). The van der Waals surface area contributed by atoms with Crippen molar-refractivity contribution in [1.29, 1.82) is 5.26 Å². The summed E-state index contributed by atoms with van der Waals surface area (Å²) in [5, 5.41) is 9.50. The number of nitriles is 1. The smallest absolute Gasteiger partial charge is 0.206 e. The molecule has 0 saturated heterocycles. The maximum atomic E-state index is 12.8. The highest BCUT2D eigenvalue weighted by atomic mass is 32.2. The molecule has 3 aliphatic rings. The maximum absolute atomic E-state index is 12.8. The molecule has 24 heavy (non-hydrogen) atoms. The molecule has 0 fully saturated rings. The number of benzene rings is 1. The van der Waals surface area contributed by atoms with Crippen molar-refractivity contribution in [2.75, 3.05) is 0 Å². The van der Waals surface area contributed by atoms with Gasteiger partial charge in [-0.15, -0.1) is 0 Å². The number of carbonyl (C=O) groups is 2. The van der Waals surface area contributed by atoms with Gasteiger partial charge in [-0.3, -0.25) is 9.59 Å². The minimum Gasteiger partial charge on any atom is -0.445 e. The average molecular weight is 354 g/mol. The van der Waals surface area contributed by atoms with E-state index in [1.807, 2.05) is 0 Å². The standard InChI is InChI=1S/C17H10N2O3S2/c1-8-6-17(11(7-18)16(19)22-8)23-14-12(20)9-4-2-3-5-10(9)13(21)15(14)24-17/h2-6H,19H2,1H3. The lowest BCUT2D eigenvalue weighted by Crippen LogP contribution is -2.27. The van der Waals surface area contributed by atoms with Crippen LogP contribution >= 0.6 is 23.5 Å². The van der Waals surface area contributed by atoms with Crippen LogP contribution in [0.5, 0.6) is 0 Å². The van der Waals surface area contributed by atoms with Crippen molar-refractivity contribution in [3.05, 3.63) is 68.5 Å². The number of thioether (sulfide) groups is 2. The predicted octanol–water partition coefficient (Wildman–Crippen LogP) is 3.08. The Hall–Kier alpha value is -2.43. The summed E-state index contributed by atoms with van der Waals surface area (Å²) in [6.07, 6.45) is 1.74. The van der Waals surface area contributed by atoms with Crippen molar-refractivity contribution >= 4 is 35.1 Å². The lowest BCUT2D eigenvalue weighted by Gasteiger charge is -2.28. The Morgan fingerprint density at radius 1 is 1.12 bits per heavy atom. The number of nitrogens with zero attached hydrogens (tertiary/aromatic N) is 1. The zero-order valence-electron chi connectivity index (χ0n) is 12.5. The largest absolute Gasteiger partial charge is 0.445 e. The first-order valence-electron chi connectivity index (χ1n) is 7.05. The number of hydrogen-bond donors (Lipinski definition) is 1. The Morgan fingerprint density at radius 2 is 1.67 bits per heavy atom. The van der Waals surface area contributed by atoms with E-state index in [1.54, 1.807) is 37.3 Å². The zero-order chi connectivity index (χ0) is 17.1. The number of Topliss-reactive ketones (excluding diaryl/α,β-unsaturated/α-hetero) is 2. The molecule has 7 heteroatoms. The second-order valence-corrected chi connectivity index (χ2v) is 8.21. The van der Waals surface area contributed by atoms with Crippen LogP contribution in [0, 0.1) is 11.3 Å². The number of rotatable bonds is 0. The first-order chi connectivity index (χ1) is 11.5. The van der Waals surface area contributed by atoms with Gasteiger partial charge < -0.3 is 10.5 Å². The SMILES string of the molecule is CC1=CC2(SC3=C(S2)C(=O)c2ccccc2C3=O)C(C#N)=C(N)O1. The van der Waals surface area contributed by atoms with Gasteiger partial charge in [0.15, 0.2) is 0 Å². The number of allylic oxidation sites excluding steroid dienone is 3. The normalized spacial score (nSPS) is 21.2. The lowest BCUT2D eigenvalue weighted by molar-refractivity contribution is 0.0988. The molecule has 0 bridgehead atoms. The molecule has 1 spiro atoms. The summed E-state index contributed by atoms with van der Waals surface area (Å²) in [5.74, 6) is 0.157. The van der Waals surface area contributed by atoms with Crippen molar-refractivity contribution in [2.24, 2.45) is 5.73 Å². The molecule has 1 aromatic carbocycles. The third-order valence-electron chi connectivity index (χ3n) is 3.91. The van der Waals surface area contributed by atoms with E-state index in [9.17, 15) is 14.9 Å². The van der Waals surface area contributed by atoms with Crippen LogP contribution in [0.3, 0.4) is 0 Å². The van der Waals surface area contributed by atoms with Gasteiger partial charge in [-0.05, 0) is 13.0 Å². The van der Waals surface area contributed by atoms with E-state index in [4.69, 9.17) is 10.5 Å². The fraction of sp³-hybridized carbons (Fsp3) is 0.118. The van der Waals surface area contributed by atoms with Gasteiger partial charge in [-0.2, -0.15) is 5.26 Å². The molecular weight excluding hydrogens is 344 g/mol. The van der Waals surface area contributed by atoms with Crippen molar-refractivity contribution in [1.82, 2.24) is 0 Å². The topological polar surface area (TPSA) is 93.2 Å². The van der Waals surface area contributed by atoms with Gasteiger partial charge >= 0.3 is 0 Å². The predicted molar refractivity (Wildman–Crippen MR) is 91.7 cm³/mol. The Labute approximate surface area is 146 Å². The van der Waals surface area contributed by atoms with E-state index < -0.39 is 4.08 Å². The Morgan fingerprint density at radius 3 is 2.17 bits per heavy atom. The highest BCUT2D eigenvalue weighted by molar-refractivity contribution is 8.26. The number of fused-ring (bicyclic) bond motifs is 1. The van der Waals surface area contributed by atoms with Gasteiger partial charge in [-0.25, -0.2) is 0 Å². The molecule has 0 atom stereocenters. The van der Waals surface area contributed by atoms with Gasteiger partial charge in [0, 0.05) is 11.1 Å². The molecule has 0 aromatic heterocycles. The third-order valence-corrected chi connectivity index (χ3v) is 6.98. The lowest BCUT2D eigenvalue weighted by atomic mass is 9.94. The summed E-state index contributed by atoms with van der Waals surface area (Å²) in [4.78, 5) is 26.3. The monoisotopic (exact) mass is 354 g/mol. The molecule has 5 nitrogen and oxygen atoms in total. The fourth-order valence-electron chi connectivity index (χ4n) is 2.90. The van der Waals surface area contributed by atoms with Crippen molar-refractivity contribution in [3.8, 4) is 6.07 Å². The third kappa shape index (κ3) is 1.90. The van der Waals surface area contributed by atoms with Crippen LogP contribution in [-0.2, 0) is 4.74 Å². The molecule has 0 unspecified atom stereocenters. The Bertz CT molecular complexity index is 919. The summed E-state index contributed by atoms with van der Waals surface area (Å²) in [7, 11) is 0. The number of hydrogen-bond acceptors (Lipinski definition) is 7. The minimum absolute atomic E-state index is 0.00904. The van der Waals surface area contributed by atoms with Gasteiger partial charge in [-0.1, -0.05) is 47.8 Å². The molecule has 2 heterocycles. The fourth-order valence-corrected chi connectivity index (χ4v) is 6.14. The number of nitrogens with two attached hydrogens (primary N) is 1. The van der Waals surface area contributed by atoms with E-state index >= 15 is 0 Å². The van der Waals surface area contributed by atoms with Gasteiger partial charge in [0.05, 0.1) is 9.81 Å². The highest BCUT2D eigenvalue weighted by Crippen LogP contribution is 2.62. The van der Waals surface area contributed by atoms with Gasteiger partial charge in [0.25, 0.3) is 0 Å². The van der Waals surface area contributed by atoms with Crippen molar-refractivity contribution in [2.45, 2.75) is 11.0 Å². The molecule has 0 saturated carbocycles. The highest BCUT2D eigenvalue weighted by Gasteiger charge is 2.51. The Kier molecular flexibility index (Phi) is 3.17. The summed E-state index contributed by atoms with van der Waals surface area (Å²) in [6.45, 7) is 1.72. The van der Waals surface area contributed by atoms with E-state index in [0.717, 1.165) is 0 Å². The average Bonchev–Trinajstić information content (AvgIpc) is 2.92. The van der Waals surface area contributed by atoms with E-state index in [1.165, 1.54) is 23.5 Å². The molecule has 0 radical (unpaired) electrons. The number of ether oxygens (including phenoxy) is 1. The molecular formula is C17H10N2O3S2. The molecule has 2 N–H and O–H groups in total. The minimum atomic E-state index is -0.931. The first-order valence-corrected chi connectivity index (χ1v) is 8.68. The molecule has 1 aliphatic carbocycles. The van der Waals surface area contributed by atoms with E-state index in [-0.39, 0.29) is 23.0 Å². The van der Waals surface area contributed by atoms with E-state index in [0.29, 0.717) is 26.7 Å². The van der Waals surface area contributed by atoms with Crippen LogP contribution in [0.15, 0.2) is 57.4 Å². The van der Waals surface area contributed by atoms with E-state index in [2.05, 4.69) is 6.07 Å². The number of ketones is 2. The second kappa shape index (κ2) is 5.03. The number of carbonyl (C=O) groups excluding carboxylic acids is 2. The van der Waals surface area contributed by atoms with Crippen LogP contribution in [-0.4, -0.2) is 15.6 Å². The van der Waals surface area contributed by atoms with Gasteiger partial charge in [0.1, 0.15) is 21.5 Å². The maximum Gasteiger partial charge on any atom is 0.206 e. The molecule has 1 aromatic rings. The molecule has 118 valence electrons. The summed E-state index contributed by atoms with van der Waals surface area (Å²) in [5.41, 5.74) is 6.86.